The number of carboxylic acid groups (broad SMARTS) is 1. The minimum Gasteiger partial charge on any atom is -0.478 e. The first-order valence-electron chi connectivity index (χ1n) is 7.71. The minimum atomic E-state index is -0.931. The van der Waals surface area contributed by atoms with E-state index in [-0.39, 0.29) is 0 Å². The molecule has 4 nitrogen and oxygen atoms in total. The standard InChI is InChI=1S/C17H24N2O2/c1-3-17(4-2)9-12-19(13-10-17)16-14(6-5-11-18-16)7-8-15(20)21/h5-8,11H,3-4,9-10,12-13H2,1-2H3,(H,20,21)/b8-7+. The van der Waals surface area contributed by atoms with Gasteiger partial charge in [-0.2, -0.15) is 0 Å². The summed E-state index contributed by atoms with van der Waals surface area (Å²) >= 11 is 0. The summed E-state index contributed by atoms with van der Waals surface area (Å²) in [5, 5.41) is 8.79. The van der Waals surface area contributed by atoms with Crippen LogP contribution in [-0.4, -0.2) is 29.1 Å². The lowest BCUT2D eigenvalue weighted by Gasteiger charge is -2.41. The van der Waals surface area contributed by atoms with Crippen molar-refractivity contribution in [3.05, 3.63) is 30.0 Å². The lowest BCUT2D eigenvalue weighted by molar-refractivity contribution is -0.131. The van der Waals surface area contributed by atoms with Crippen LogP contribution < -0.4 is 4.90 Å². The maximum absolute atomic E-state index is 10.7. The molecule has 1 aromatic heterocycles. The number of rotatable bonds is 5. The molecule has 1 saturated heterocycles. The third-order valence-corrected chi connectivity index (χ3v) is 4.85. The van der Waals surface area contributed by atoms with Gasteiger partial charge in [0.2, 0.25) is 0 Å². The number of hydrogen-bond donors (Lipinski definition) is 1. The van der Waals surface area contributed by atoms with Gasteiger partial charge in [0.15, 0.2) is 0 Å². The van der Waals surface area contributed by atoms with Gasteiger partial charge in [-0.1, -0.05) is 26.7 Å². The summed E-state index contributed by atoms with van der Waals surface area (Å²) < 4.78 is 0. The zero-order chi connectivity index (χ0) is 15.3. The third kappa shape index (κ3) is 3.63. The molecule has 0 unspecified atom stereocenters. The smallest absolute Gasteiger partial charge is 0.328 e. The van der Waals surface area contributed by atoms with Gasteiger partial charge >= 0.3 is 5.97 Å². The predicted octanol–water partition coefficient (Wildman–Crippen LogP) is 3.59. The number of carboxylic acids is 1. The van der Waals surface area contributed by atoms with Gasteiger partial charge in [-0.05, 0) is 36.5 Å². The summed E-state index contributed by atoms with van der Waals surface area (Å²) in [5.41, 5.74) is 1.35. The highest BCUT2D eigenvalue weighted by molar-refractivity contribution is 5.86. The maximum Gasteiger partial charge on any atom is 0.328 e. The summed E-state index contributed by atoms with van der Waals surface area (Å²) in [7, 11) is 0. The number of carbonyl (C=O) groups is 1. The SMILES string of the molecule is CCC1(CC)CCN(c2ncccc2/C=C/C(=O)O)CC1. The van der Waals surface area contributed by atoms with Gasteiger partial charge in [0.1, 0.15) is 5.82 Å². The average Bonchev–Trinajstić information content (AvgIpc) is 2.53. The molecule has 21 heavy (non-hydrogen) atoms. The quantitative estimate of drug-likeness (QED) is 0.841. The molecule has 4 heteroatoms. The Morgan fingerprint density at radius 1 is 1.38 bits per heavy atom. The van der Waals surface area contributed by atoms with Crippen LogP contribution >= 0.6 is 0 Å². The normalized spacial score (nSPS) is 18.1. The molecule has 114 valence electrons. The summed E-state index contributed by atoms with van der Waals surface area (Å²) in [6.45, 7) is 6.54. The Morgan fingerprint density at radius 3 is 2.62 bits per heavy atom. The Hall–Kier alpha value is -1.84. The van der Waals surface area contributed by atoms with Crippen LogP contribution in [-0.2, 0) is 4.79 Å². The summed E-state index contributed by atoms with van der Waals surface area (Å²) in [5.74, 6) is -0.0322. The van der Waals surface area contributed by atoms with Crippen molar-refractivity contribution < 1.29 is 9.90 Å². The van der Waals surface area contributed by atoms with Gasteiger partial charge in [0.05, 0.1) is 0 Å². The molecule has 0 bridgehead atoms. The van der Waals surface area contributed by atoms with E-state index in [1.165, 1.54) is 31.8 Å². The van der Waals surface area contributed by atoms with Crippen LogP contribution in [0.25, 0.3) is 6.08 Å². The fourth-order valence-electron chi connectivity index (χ4n) is 3.11. The summed E-state index contributed by atoms with van der Waals surface area (Å²) in [6.07, 6.45) is 9.39. The van der Waals surface area contributed by atoms with E-state index >= 15 is 0 Å². The predicted molar refractivity (Wildman–Crippen MR) is 85.4 cm³/mol. The highest BCUT2D eigenvalue weighted by atomic mass is 16.4. The lowest BCUT2D eigenvalue weighted by Crippen LogP contribution is -2.40. The first-order valence-corrected chi connectivity index (χ1v) is 7.71. The van der Waals surface area contributed by atoms with Crippen molar-refractivity contribution in [2.75, 3.05) is 18.0 Å². The van der Waals surface area contributed by atoms with E-state index in [1.54, 1.807) is 12.3 Å². The second-order valence-electron chi connectivity index (χ2n) is 5.78. The zero-order valence-electron chi connectivity index (χ0n) is 12.9. The van der Waals surface area contributed by atoms with Gasteiger partial charge < -0.3 is 10.0 Å². The number of piperidine rings is 1. The van der Waals surface area contributed by atoms with E-state index < -0.39 is 5.97 Å². The number of aromatic nitrogens is 1. The molecule has 1 aromatic rings. The van der Waals surface area contributed by atoms with Gasteiger partial charge in [0, 0.05) is 30.9 Å². The van der Waals surface area contributed by atoms with Crippen molar-refractivity contribution in [3.8, 4) is 0 Å². The van der Waals surface area contributed by atoms with Crippen LogP contribution in [0.1, 0.15) is 45.1 Å². The number of anilines is 1. The Labute approximate surface area is 126 Å². The molecule has 0 spiro atoms. The van der Waals surface area contributed by atoms with Crippen LogP contribution in [0.5, 0.6) is 0 Å². The highest BCUT2D eigenvalue weighted by Gasteiger charge is 2.31. The van der Waals surface area contributed by atoms with Crippen molar-refractivity contribution in [2.45, 2.75) is 39.5 Å². The lowest BCUT2D eigenvalue weighted by atomic mass is 9.74. The maximum atomic E-state index is 10.7. The Kier molecular flexibility index (Phi) is 4.99. The number of pyridine rings is 1. The van der Waals surface area contributed by atoms with E-state index in [1.807, 2.05) is 12.1 Å². The van der Waals surface area contributed by atoms with Crippen LogP contribution in [0.3, 0.4) is 0 Å². The first-order chi connectivity index (χ1) is 10.1. The van der Waals surface area contributed by atoms with Crippen molar-refractivity contribution in [2.24, 2.45) is 5.41 Å². The van der Waals surface area contributed by atoms with Gasteiger partial charge in [-0.15, -0.1) is 0 Å². The number of nitrogens with zero attached hydrogens (tertiary/aromatic N) is 2. The fraction of sp³-hybridized carbons (Fsp3) is 0.529. The molecule has 0 amide bonds. The van der Waals surface area contributed by atoms with E-state index in [9.17, 15) is 4.79 Å². The highest BCUT2D eigenvalue weighted by Crippen LogP contribution is 2.39. The third-order valence-electron chi connectivity index (χ3n) is 4.85. The van der Waals surface area contributed by atoms with E-state index in [4.69, 9.17) is 5.11 Å². The molecular weight excluding hydrogens is 264 g/mol. The van der Waals surface area contributed by atoms with E-state index in [0.29, 0.717) is 5.41 Å². The summed E-state index contributed by atoms with van der Waals surface area (Å²) in [6, 6.07) is 3.76. The molecule has 2 rings (SSSR count). The molecule has 0 saturated carbocycles. The molecule has 1 fully saturated rings. The topological polar surface area (TPSA) is 53.4 Å². The minimum absolute atomic E-state index is 0.475. The van der Waals surface area contributed by atoms with Crippen LogP contribution in [0, 0.1) is 5.41 Å². The second kappa shape index (κ2) is 6.74. The van der Waals surface area contributed by atoms with Crippen LogP contribution in [0.4, 0.5) is 5.82 Å². The van der Waals surface area contributed by atoms with E-state index in [2.05, 4.69) is 23.7 Å². The fourth-order valence-corrected chi connectivity index (χ4v) is 3.11. The van der Waals surface area contributed by atoms with Crippen molar-refractivity contribution >= 4 is 17.9 Å². The molecule has 0 aromatic carbocycles. The number of aliphatic carboxylic acids is 1. The molecule has 1 aliphatic rings. The molecular formula is C17H24N2O2. The van der Waals surface area contributed by atoms with Crippen LogP contribution in [0.15, 0.2) is 24.4 Å². The summed E-state index contributed by atoms with van der Waals surface area (Å²) in [4.78, 5) is 17.4. The van der Waals surface area contributed by atoms with E-state index in [0.717, 1.165) is 24.5 Å². The zero-order valence-corrected chi connectivity index (χ0v) is 12.9. The Morgan fingerprint density at radius 2 is 2.05 bits per heavy atom. The molecule has 1 N–H and O–H groups in total. The Bertz CT molecular complexity index is 511. The van der Waals surface area contributed by atoms with Crippen molar-refractivity contribution in [1.29, 1.82) is 0 Å². The molecule has 0 atom stereocenters. The van der Waals surface area contributed by atoms with Crippen molar-refractivity contribution in [3.63, 3.8) is 0 Å². The largest absolute Gasteiger partial charge is 0.478 e. The van der Waals surface area contributed by atoms with Gasteiger partial charge in [-0.25, -0.2) is 9.78 Å². The second-order valence-corrected chi connectivity index (χ2v) is 5.78. The van der Waals surface area contributed by atoms with Gasteiger partial charge in [-0.3, -0.25) is 0 Å². The number of hydrogen-bond acceptors (Lipinski definition) is 3. The Balaban J connectivity index is 2.15. The van der Waals surface area contributed by atoms with Gasteiger partial charge in [0.25, 0.3) is 0 Å². The average molecular weight is 288 g/mol. The molecule has 1 aliphatic heterocycles. The monoisotopic (exact) mass is 288 g/mol. The first kappa shape index (κ1) is 15.5. The molecule has 0 aliphatic carbocycles. The van der Waals surface area contributed by atoms with Crippen molar-refractivity contribution in [1.82, 2.24) is 4.98 Å². The molecule has 2 heterocycles. The molecule has 0 radical (unpaired) electrons. The van der Waals surface area contributed by atoms with Crippen LogP contribution in [0.2, 0.25) is 0 Å².